The third-order valence-corrected chi connectivity index (χ3v) is 6.47. The van der Waals surface area contributed by atoms with Crippen molar-refractivity contribution < 1.29 is 10.2 Å². The molecule has 2 nitrogen and oxygen atoms in total. The van der Waals surface area contributed by atoms with E-state index in [0.717, 1.165) is 12.8 Å². The number of hydrogen-bond acceptors (Lipinski definition) is 2. The molecule has 2 heteroatoms. The quantitative estimate of drug-likeness (QED) is 0.799. The van der Waals surface area contributed by atoms with Crippen molar-refractivity contribution in [1.82, 2.24) is 0 Å². The molecule has 0 radical (unpaired) electrons. The smallest absolute Gasteiger partial charge is 0.0654 e. The summed E-state index contributed by atoms with van der Waals surface area (Å²) in [5.74, 6) is 0.852. The van der Waals surface area contributed by atoms with Gasteiger partial charge in [-0.1, -0.05) is 27.2 Å². The summed E-state index contributed by atoms with van der Waals surface area (Å²) in [5.41, 5.74) is -0.829. The van der Waals surface area contributed by atoms with Crippen LogP contribution >= 0.6 is 0 Å². The molecule has 4 atom stereocenters. The molecular formula is C18H34O2. The van der Waals surface area contributed by atoms with Gasteiger partial charge in [0, 0.05) is 0 Å². The van der Waals surface area contributed by atoms with E-state index in [1.54, 1.807) is 0 Å². The van der Waals surface area contributed by atoms with E-state index in [-0.39, 0.29) is 11.3 Å². The molecule has 0 aliphatic heterocycles. The monoisotopic (exact) mass is 282 g/mol. The predicted octanol–water partition coefficient (Wildman–Crippen LogP) is 4.14. The zero-order chi connectivity index (χ0) is 15.4. The van der Waals surface area contributed by atoms with Gasteiger partial charge in [0.25, 0.3) is 0 Å². The van der Waals surface area contributed by atoms with Crippen LogP contribution in [-0.4, -0.2) is 21.4 Å². The Labute approximate surface area is 125 Å². The Morgan fingerprint density at radius 1 is 1.05 bits per heavy atom. The minimum Gasteiger partial charge on any atom is -0.390 e. The molecule has 0 aromatic carbocycles. The Morgan fingerprint density at radius 3 is 2.20 bits per heavy atom. The molecule has 0 saturated heterocycles. The van der Waals surface area contributed by atoms with Gasteiger partial charge in [-0.15, -0.1) is 0 Å². The molecule has 118 valence electrons. The molecule has 0 amide bonds. The summed E-state index contributed by atoms with van der Waals surface area (Å²) in [4.78, 5) is 0. The van der Waals surface area contributed by atoms with Gasteiger partial charge >= 0.3 is 0 Å². The highest BCUT2D eigenvalue weighted by Crippen LogP contribution is 2.63. The van der Waals surface area contributed by atoms with Crippen molar-refractivity contribution in [3.05, 3.63) is 0 Å². The Kier molecular flexibility index (Phi) is 3.84. The zero-order valence-electron chi connectivity index (χ0n) is 14.3. The van der Waals surface area contributed by atoms with Crippen LogP contribution in [0.5, 0.6) is 0 Å². The molecule has 0 unspecified atom stereocenters. The lowest BCUT2D eigenvalue weighted by atomic mass is 9.44. The van der Waals surface area contributed by atoms with E-state index >= 15 is 0 Å². The van der Waals surface area contributed by atoms with E-state index in [1.807, 2.05) is 20.8 Å². The van der Waals surface area contributed by atoms with Crippen molar-refractivity contribution >= 4 is 0 Å². The van der Waals surface area contributed by atoms with Crippen LogP contribution in [-0.2, 0) is 0 Å². The van der Waals surface area contributed by atoms with Crippen LogP contribution in [0, 0.1) is 22.7 Å². The van der Waals surface area contributed by atoms with Crippen molar-refractivity contribution in [3.8, 4) is 0 Å². The summed E-state index contributed by atoms with van der Waals surface area (Å²) in [6.45, 7) is 12.9. The van der Waals surface area contributed by atoms with Crippen molar-refractivity contribution in [2.75, 3.05) is 0 Å². The molecule has 0 spiro atoms. The highest BCUT2D eigenvalue weighted by molar-refractivity contribution is 5.08. The molecule has 0 aromatic rings. The van der Waals surface area contributed by atoms with Crippen molar-refractivity contribution in [1.29, 1.82) is 0 Å². The van der Waals surface area contributed by atoms with E-state index < -0.39 is 11.2 Å². The van der Waals surface area contributed by atoms with Gasteiger partial charge in [-0.05, 0) is 75.5 Å². The Balaban J connectivity index is 2.38. The van der Waals surface area contributed by atoms with E-state index in [1.165, 1.54) is 19.3 Å². The maximum atomic E-state index is 11.0. The number of hydrogen-bond donors (Lipinski definition) is 2. The normalized spacial score (nSPS) is 45.0. The second-order valence-corrected chi connectivity index (χ2v) is 9.37. The van der Waals surface area contributed by atoms with Crippen molar-refractivity contribution in [2.24, 2.45) is 22.7 Å². The maximum Gasteiger partial charge on any atom is 0.0654 e. The minimum absolute atomic E-state index is 0.156. The molecular weight excluding hydrogens is 248 g/mol. The summed E-state index contributed by atoms with van der Waals surface area (Å²) >= 11 is 0. The highest BCUT2D eigenvalue weighted by atomic mass is 16.3. The van der Waals surface area contributed by atoms with Crippen LogP contribution in [0.3, 0.4) is 0 Å². The molecule has 2 saturated carbocycles. The SMILES string of the molecule is CC(C)(O)C[C@@H]1[C@@]2(C)CCCC(C)(C)[C@@H]2CC[C@@]1(C)O. The average Bonchev–Trinajstić information content (AvgIpc) is 2.21. The first kappa shape index (κ1) is 16.3. The lowest BCUT2D eigenvalue weighted by Crippen LogP contribution is -2.58. The van der Waals surface area contributed by atoms with Crippen LogP contribution in [0.15, 0.2) is 0 Å². The number of aliphatic hydroxyl groups is 2. The fourth-order valence-electron chi connectivity index (χ4n) is 5.58. The minimum atomic E-state index is -0.707. The van der Waals surface area contributed by atoms with Crippen LogP contribution < -0.4 is 0 Å². The van der Waals surface area contributed by atoms with Crippen molar-refractivity contribution in [2.45, 2.75) is 91.3 Å². The summed E-state index contributed by atoms with van der Waals surface area (Å²) < 4.78 is 0. The molecule has 0 heterocycles. The standard InChI is InChI=1S/C18H34O2/c1-15(2)9-7-10-17(5)13(15)8-11-18(6,20)14(17)12-16(3,4)19/h13-14,19-20H,7-12H2,1-6H3/t13-,14+,17-,18+/m0/s1. The highest BCUT2D eigenvalue weighted by Gasteiger charge is 2.58. The predicted molar refractivity (Wildman–Crippen MR) is 83.5 cm³/mol. The zero-order valence-corrected chi connectivity index (χ0v) is 14.3. The topological polar surface area (TPSA) is 40.5 Å². The summed E-state index contributed by atoms with van der Waals surface area (Å²) in [7, 11) is 0. The number of fused-ring (bicyclic) bond motifs is 1. The Bertz CT molecular complexity index is 364. The third-order valence-electron chi connectivity index (χ3n) is 6.47. The maximum absolute atomic E-state index is 11.0. The first-order valence-electron chi connectivity index (χ1n) is 8.33. The fraction of sp³-hybridized carbons (Fsp3) is 1.00. The molecule has 0 aromatic heterocycles. The van der Waals surface area contributed by atoms with Gasteiger partial charge in [0.15, 0.2) is 0 Å². The first-order valence-corrected chi connectivity index (χ1v) is 8.33. The molecule has 2 aliphatic rings. The molecule has 2 N–H and O–H groups in total. The van der Waals surface area contributed by atoms with E-state index in [9.17, 15) is 10.2 Å². The van der Waals surface area contributed by atoms with Gasteiger partial charge in [-0.2, -0.15) is 0 Å². The average molecular weight is 282 g/mol. The van der Waals surface area contributed by atoms with E-state index in [0.29, 0.717) is 17.8 Å². The van der Waals surface area contributed by atoms with Crippen LogP contribution in [0.2, 0.25) is 0 Å². The molecule has 20 heavy (non-hydrogen) atoms. The van der Waals surface area contributed by atoms with E-state index in [2.05, 4.69) is 20.8 Å². The van der Waals surface area contributed by atoms with Crippen molar-refractivity contribution in [3.63, 3.8) is 0 Å². The lowest BCUT2D eigenvalue weighted by Gasteiger charge is -2.62. The molecule has 2 rings (SSSR count). The summed E-state index contributed by atoms with van der Waals surface area (Å²) in [6, 6.07) is 0. The van der Waals surface area contributed by atoms with Gasteiger partial charge in [-0.3, -0.25) is 0 Å². The summed E-state index contributed by atoms with van der Waals surface area (Å²) in [5, 5.41) is 21.3. The van der Waals surface area contributed by atoms with Gasteiger partial charge < -0.3 is 10.2 Å². The molecule has 2 fully saturated rings. The number of rotatable bonds is 2. The largest absolute Gasteiger partial charge is 0.390 e. The van der Waals surface area contributed by atoms with Gasteiger partial charge in [0.2, 0.25) is 0 Å². The Morgan fingerprint density at radius 2 is 1.65 bits per heavy atom. The second kappa shape index (κ2) is 4.71. The summed E-state index contributed by atoms with van der Waals surface area (Å²) in [6.07, 6.45) is 6.43. The second-order valence-electron chi connectivity index (χ2n) is 9.37. The fourth-order valence-corrected chi connectivity index (χ4v) is 5.58. The third kappa shape index (κ3) is 2.78. The van der Waals surface area contributed by atoms with Crippen LogP contribution in [0.1, 0.15) is 80.1 Å². The van der Waals surface area contributed by atoms with Gasteiger partial charge in [-0.25, -0.2) is 0 Å². The van der Waals surface area contributed by atoms with Crippen LogP contribution in [0.4, 0.5) is 0 Å². The van der Waals surface area contributed by atoms with Crippen LogP contribution in [0.25, 0.3) is 0 Å². The van der Waals surface area contributed by atoms with E-state index in [4.69, 9.17) is 0 Å². The first-order chi connectivity index (χ1) is 8.89. The lowest BCUT2D eigenvalue weighted by molar-refractivity contribution is -0.183. The Hall–Kier alpha value is -0.0800. The molecule has 0 bridgehead atoms. The molecule has 2 aliphatic carbocycles. The van der Waals surface area contributed by atoms with Gasteiger partial charge in [0.1, 0.15) is 0 Å². The van der Waals surface area contributed by atoms with Gasteiger partial charge in [0.05, 0.1) is 11.2 Å².